The normalized spacial score (nSPS) is 19.3. The topological polar surface area (TPSA) is 44.8 Å². The molecule has 1 aliphatic rings. The number of hydrogen-bond donors (Lipinski definition) is 0. The second-order valence-electron chi connectivity index (χ2n) is 5.05. The Balaban J connectivity index is 2.00. The second-order valence-corrected chi connectivity index (χ2v) is 5.05. The number of benzene rings is 1. The third kappa shape index (κ3) is 4.41. The molecular formula is C17H22O4. The molecule has 1 unspecified atom stereocenters. The number of hydrogen-bond acceptors (Lipinski definition) is 4. The average Bonchev–Trinajstić information content (AvgIpc) is 2.55. The molecule has 1 aromatic carbocycles. The largest absolute Gasteiger partial charge is 0.465 e. The Morgan fingerprint density at radius 1 is 1.33 bits per heavy atom. The molecule has 1 heterocycles. The fraction of sp³-hybridized carbons (Fsp3) is 0.471. The summed E-state index contributed by atoms with van der Waals surface area (Å²) in [6.07, 6.45) is 5.09. The Hall–Kier alpha value is -1.65. The summed E-state index contributed by atoms with van der Waals surface area (Å²) < 4.78 is 16.0. The van der Waals surface area contributed by atoms with Gasteiger partial charge in [0.05, 0.1) is 19.3 Å². The lowest BCUT2D eigenvalue weighted by Gasteiger charge is -2.22. The lowest BCUT2D eigenvalue weighted by Crippen LogP contribution is -2.22. The molecule has 1 aliphatic heterocycles. The molecule has 21 heavy (non-hydrogen) atoms. The van der Waals surface area contributed by atoms with Crippen LogP contribution in [0.1, 0.15) is 42.1 Å². The van der Waals surface area contributed by atoms with Crippen LogP contribution in [0.3, 0.4) is 0 Å². The van der Waals surface area contributed by atoms with Crippen molar-refractivity contribution in [1.82, 2.24) is 0 Å². The lowest BCUT2D eigenvalue weighted by molar-refractivity contribution is -0.155. The summed E-state index contributed by atoms with van der Waals surface area (Å²) >= 11 is 0. The van der Waals surface area contributed by atoms with E-state index in [1.165, 1.54) is 7.11 Å². The molecule has 0 N–H and O–H groups in total. The van der Waals surface area contributed by atoms with Crippen molar-refractivity contribution < 1.29 is 19.0 Å². The third-order valence-electron chi connectivity index (χ3n) is 3.57. The van der Waals surface area contributed by atoms with Crippen LogP contribution in [0.2, 0.25) is 0 Å². The van der Waals surface area contributed by atoms with Crippen molar-refractivity contribution in [2.24, 2.45) is 0 Å². The fourth-order valence-corrected chi connectivity index (χ4v) is 2.35. The quantitative estimate of drug-likeness (QED) is 0.779. The Kier molecular flexibility index (Phi) is 5.96. The van der Waals surface area contributed by atoms with Gasteiger partial charge in [-0.15, -0.1) is 0 Å². The van der Waals surface area contributed by atoms with E-state index in [4.69, 9.17) is 14.2 Å². The van der Waals surface area contributed by atoms with Gasteiger partial charge < -0.3 is 14.2 Å². The molecule has 0 amide bonds. The van der Waals surface area contributed by atoms with Gasteiger partial charge in [0, 0.05) is 6.61 Å². The van der Waals surface area contributed by atoms with Gasteiger partial charge in [0.15, 0.2) is 6.29 Å². The molecule has 0 saturated carbocycles. The Labute approximate surface area is 125 Å². The minimum Gasteiger partial charge on any atom is -0.465 e. The van der Waals surface area contributed by atoms with Crippen LogP contribution in [0.25, 0.3) is 5.57 Å². The van der Waals surface area contributed by atoms with Crippen molar-refractivity contribution in [3.63, 3.8) is 0 Å². The van der Waals surface area contributed by atoms with Gasteiger partial charge in [0.25, 0.3) is 0 Å². The fourth-order valence-electron chi connectivity index (χ4n) is 2.35. The second kappa shape index (κ2) is 7.96. The molecule has 1 saturated heterocycles. The molecule has 1 aromatic rings. The molecule has 0 aromatic heterocycles. The van der Waals surface area contributed by atoms with Crippen LogP contribution >= 0.6 is 0 Å². The van der Waals surface area contributed by atoms with E-state index in [9.17, 15) is 4.79 Å². The number of methoxy groups -OCH3 is 1. The Morgan fingerprint density at radius 2 is 2.10 bits per heavy atom. The van der Waals surface area contributed by atoms with Crippen molar-refractivity contribution in [3.8, 4) is 0 Å². The van der Waals surface area contributed by atoms with E-state index < -0.39 is 0 Å². The maximum atomic E-state index is 11.8. The number of ether oxygens (including phenoxy) is 3. The SMILES string of the molecule is COC(=O)c1ccccc1/C(C)=C\COC1CCCCO1. The van der Waals surface area contributed by atoms with Gasteiger partial charge in [-0.1, -0.05) is 24.3 Å². The zero-order valence-electron chi connectivity index (χ0n) is 12.6. The maximum absolute atomic E-state index is 11.8. The molecule has 1 fully saturated rings. The van der Waals surface area contributed by atoms with Crippen molar-refractivity contribution in [1.29, 1.82) is 0 Å². The van der Waals surface area contributed by atoms with Gasteiger partial charge in [-0.05, 0) is 43.4 Å². The Bertz CT molecular complexity index is 501. The van der Waals surface area contributed by atoms with E-state index in [2.05, 4.69) is 0 Å². The van der Waals surface area contributed by atoms with Gasteiger partial charge in [0.2, 0.25) is 0 Å². The Morgan fingerprint density at radius 3 is 2.76 bits per heavy atom. The predicted molar refractivity (Wildman–Crippen MR) is 81.0 cm³/mol. The molecule has 0 bridgehead atoms. The first-order chi connectivity index (χ1) is 10.2. The number of carbonyl (C=O) groups excluding carboxylic acids is 1. The van der Waals surface area contributed by atoms with Crippen LogP contribution in [0, 0.1) is 0 Å². The highest BCUT2D eigenvalue weighted by atomic mass is 16.7. The van der Waals surface area contributed by atoms with E-state index in [1.807, 2.05) is 31.2 Å². The maximum Gasteiger partial charge on any atom is 0.338 e. The third-order valence-corrected chi connectivity index (χ3v) is 3.57. The zero-order valence-corrected chi connectivity index (χ0v) is 12.6. The molecule has 0 radical (unpaired) electrons. The van der Waals surface area contributed by atoms with Crippen LogP contribution in [0.15, 0.2) is 30.3 Å². The van der Waals surface area contributed by atoms with Crippen molar-refractivity contribution in [2.45, 2.75) is 32.5 Å². The summed E-state index contributed by atoms with van der Waals surface area (Å²) in [5, 5.41) is 0. The summed E-state index contributed by atoms with van der Waals surface area (Å²) in [7, 11) is 1.39. The van der Waals surface area contributed by atoms with Crippen LogP contribution in [-0.2, 0) is 14.2 Å². The molecule has 4 heteroatoms. The monoisotopic (exact) mass is 290 g/mol. The highest BCUT2D eigenvalue weighted by molar-refractivity contribution is 5.95. The molecule has 1 atom stereocenters. The van der Waals surface area contributed by atoms with Gasteiger partial charge in [-0.2, -0.15) is 0 Å². The minimum absolute atomic E-state index is 0.0985. The van der Waals surface area contributed by atoms with Crippen molar-refractivity contribution in [2.75, 3.05) is 20.3 Å². The lowest BCUT2D eigenvalue weighted by atomic mass is 10.0. The van der Waals surface area contributed by atoms with Crippen molar-refractivity contribution >= 4 is 11.5 Å². The first-order valence-corrected chi connectivity index (χ1v) is 7.30. The summed E-state index contributed by atoms with van der Waals surface area (Å²) in [4.78, 5) is 11.8. The molecule has 2 rings (SSSR count). The summed E-state index contributed by atoms with van der Waals surface area (Å²) in [5.41, 5.74) is 2.44. The van der Waals surface area contributed by atoms with Crippen molar-refractivity contribution in [3.05, 3.63) is 41.5 Å². The van der Waals surface area contributed by atoms with Gasteiger partial charge in [-0.25, -0.2) is 4.79 Å². The van der Waals surface area contributed by atoms with E-state index in [0.29, 0.717) is 12.2 Å². The molecular weight excluding hydrogens is 268 g/mol. The number of carbonyl (C=O) groups is 1. The first kappa shape index (κ1) is 15.7. The summed E-state index contributed by atoms with van der Waals surface area (Å²) in [6.45, 7) is 3.22. The van der Waals surface area contributed by atoms with Gasteiger partial charge in [0.1, 0.15) is 0 Å². The standard InChI is InChI=1S/C17H22O4/c1-13(10-12-21-16-9-5-6-11-20-16)14-7-3-4-8-15(14)17(18)19-2/h3-4,7-8,10,16H,5-6,9,11-12H2,1-2H3/b13-10-. The van der Waals surface area contributed by atoms with E-state index in [1.54, 1.807) is 6.07 Å². The average molecular weight is 290 g/mol. The highest BCUT2D eigenvalue weighted by Crippen LogP contribution is 2.20. The first-order valence-electron chi connectivity index (χ1n) is 7.30. The molecule has 4 nitrogen and oxygen atoms in total. The van der Waals surface area contributed by atoms with E-state index in [-0.39, 0.29) is 12.3 Å². The van der Waals surface area contributed by atoms with Crippen LogP contribution in [0.5, 0.6) is 0 Å². The van der Waals surface area contributed by atoms with Gasteiger partial charge >= 0.3 is 5.97 Å². The number of rotatable bonds is 5. The number of allylic oxidation sites excluding steroid dienone is 1. The van der Waals surface area contributed by atoms with E-state index >= 15 is 0 Å². The van der Waals surface area contributed by atoms with Crippen LogP contribution in [0.4, 0.5) is 0 Å². The summed E-state index contributed by atoms with van der Waals surface area (Å²) in [5.74, 6) is -0.324. The number of esters is 1. The summed E-state index contributed by atoms with van der Waals surface area (Å²) in [6, 6.07) is 7.42. The van der Waals surface area contributed by atoms with E-state index in [0.717, 1.165) is 37.0 Å². The zero-order chi connectivity index (χ0) is 15.1. The van der Waals surface area contributed by atoms with Crippen LogP contribution in [-0.4, -0.2) is 32.6 Å². The molecule has 0 aliphatic carbocycles. The smallest absolute Gasteiger partial charge is 0.338 e. The minimum atomic E-state index is -0.324. The highest BCUT2D eigenvalue weighted by Gasteiger charge is 2.14. The molecule has 0 spiro atoms. The van der Waals surface area contributed by atoms with Gasteiger partial charge in [-0.3, -0.25) is 0 Å². The molecule has 114 valence electrons. The van der Waals surface area contributed by atoms with Crippen LogP contribution < -0.4 is 0 Å². The predicted octanol–water partition coefficient (Wildman–Crippen LogP) is 3.42.